The van der Waals surface area contributed by atoms with E-state index in [1.54, 1.807) is 0 Å². The summed E-state index contributed by atoms with van der Waals surface area (Å²) in [5.41, 5.74) is 2.25. The monoisotopic (exact) mass is 360 g/mol. The third kappa shape index (κ3) is 3.58. The number of aryl methyl sites for hydroxylation is 1. The molecule has 0 aliphatic carbocycles. The van der Waals surface area contributed by atoms with Crippen LogP contribution in [0.15, 0.2) is 34.9 Å². The Morgan fingerprint density at radius 3 is 2.95 bits per heavy atom. The molecule has 22 heavy (non-hydrogen) atoms. The van der Waals surface area contributed by atoms with Gasteiger partial charge in [-0.1, -0.05) is 22.9 Å². The third-order valence-electron chi connectivity index (χ3n) is 4.03. The molecule has 1 fully saturated rings. The number of aromatic nitrogens is 2. The molecule has 0 bridgehead atoms. The lowest BCUT2D eigenvalue weighted by Crippen LogP contribution is -2.35. The fourth-order valence-electron chi connectivity index (χ4n) is 2.85. The molecule has 1 N–H and O–H groups in total. The summed E-state index contributed by atoms with van der Waals surface area (Å²) in [6.45, 7) is 6.47. The summed E-state index contributed by atoms with van der Waals surface area (Å²) in [7, 11) is 0. The van der Waals surface area contributed by atoms with Gasteiger partial charge in [0.25, 0.3) is 0 Å². The number of nitrogens with zero attached hydrogens (tertiary/aromatic N) is 3. The van der Waals surface area contributed by atoms with Gasteiger partial charge >= 0.3 is 0 Å². The van der Waals surface area contributed by atoms with E-state index in [1.807, 2.05) is 18.3 Å². The molecule has 0 saturated carbocycles. The van der Waals surface area contributed by atoms with Crippen molar-refractivity contribution in [2.24, 2.45) is 5.92 Å². The number of hydrogen-bond donors (Lipinski definition) is 1. The Labute approximate surface area is 140 Å². The SMILES string of the molecule is Cc1cc(Br)ccc1Nc1ccnc(N2CCCC(C)C2)n1. The van der Waals surface area contributed by atoms with E-state index >= 15 is 0 Å². The minimum absolute atomic E-state index is 0.711. The molecule has 1 aromatic heterocycles. The molecule has 3 rings (SSSR count). The molecular formula is C17H21BrN4. The average molecular weight is 361 g/mol. The summed E-state index contributed by atoms with van der Waals surface area (Å²) in [5.74, 6) is 2.38. The van der Waals surface area contributed by atoms with Crippen LogP contribution in [0.5, 0.6) is 0 Å². The van der Waals surface area contributed by atoms with Crippen molar-refractivity contribution in [2.75, 3.05) is 23.3 Å². The molecule has 2 aromatic rings. The largest absolute Gasteiger partial charge is 0.341 e. The number of nitrogens with one attached hydrogen (secondary N) is 1. The van der Waals surface area contributed by atoms with Gasteiger partial charge in [-0.3, -0.25) is 0 Å². The zero-order chi connectivity index (χ0) is 15.5. The Morgan fingerprint density at radius 2 is 2.18 bits per heavy atom. The lowest BCUT2D eigenvalue weighted by atomic mass is 10.0. The van der Waals surface area contributed by atoms with E-state index in [9.17, 15) is 0 Å². The van der Waals surface area contributed by atoms with Crippen LogP contribution < -0.4 is 10.2 Å². The van der Waals surface area contributed by atoms with Gasteiger partial charge < -0.3 is 10.2 Å². The Hall–Kier alpha value is -1.62. The summed E-state index contributed by atoms with van der Waals surface area (Å²) in [4.78, 5) is 11.4. The van der Waals surface area contributed by atoms with Crippen LogP contribution in [0.1, 0.15) is 25.3 Å². The Balaban J connectivity index is 1.79. The van der Waals surface area contributed by atoms with E-state index in [1.165, 1.54) is 18.4 Å². The molecule has 2 heterocycles. The van der Waals surface area contributed by atoms with E-state index < -0.39 is 0 Å². The Bertz CT molecular complexity index is 659. The minimum atomic E-state index is 0.711. The van der Waals surface area contributed by atoms with Crippen molar-refractivity contribution in [3.05, 3.63) is 40.5 Å². The second-order valence-corrected chi connectivity index (χ2v) is 6.94. The molecule has 1 saturated heterocycles. The number of anilines is 3. The van der Waals surface area contributed by atoms with Crippen LogP contribution in [0.3, 0.4) is 0 Å². The predicted molar refractivity (Wildman–Crippen MR) is 94.8 cm³/mol. The average Bonchev–Trinajstić information content (AvgIpc) is 2.50. The number of benzene rings is 1. The van der Waals surface area contributed by atoms with Crippen molar-refractivity contribution >= 4 is 33.4 Å². The van der Waals surface area contributed by atoms with E-state index in [0.29, 0.717) is 5.92 Å². The summed E-state index contributed by atoms with van der Waals surface area (Å²) in [6.07, 6.45) is 4.35. The highest BCUT2D eigenvalue weighted by atomic mass is 79.9. The van der Waals surface area contributed by atoms with Gasteiger partial charge in [0, 0.05) is 29.4 Å². The van der Waals surface area contributed by atoms with Crippen LogP contribution in [0.4, 0.5) is 17.5 Å². The number of hydrogen-bond acceptors (Lipinski definition) is 4. The first kappa shape index (κ1) is 15.3. The number of halogens is 1. The zero-order valence-electron chi connectivity index (χ0n) is 13.0. The first-order valence-corrected chi connectivity index (χ1v) is 8.52. The number of piperidine rings is 1. The van der Waals surface area contributed by atoms with Crippen LogP contribution in [-0.4, -0.2) is 23.1 Å². The minimum Gasteiger partial charge on any atom is -0.341 e. The van der Waals surface area contributed by atoms with Gasteiger partial charge in [0.2, 0.25) is 5.95 Å². The smallest absolute Gasteiger partial charge is 0.227 e. The van der Waals surface area contributed by atoms with Gasteiger partial charge in [-0.15, -0.1) is 0 Å². The fraction of sp³-hybridized carbons (Fsp3) is 0.412. The molecule has 116 valence electrons. The molecule has 0 spiro atoms. The standard InChI is InChI=1S/C17H21BrN4/c1-12-4-3-9-22(11-12)17-19-8-7-16(21-17)20-15-6-5-14(18)10-13(15)2/h5-8,10,12H,3-4,9,11H2,1-2H3,(H,19,20,21). The van der Waals surface area contributed by atoms with E-state index in [4.69, 9.17) is 0 Å². The summed E-state index contributed by atoms with van der Waals surface area (Å²) in [6, 6.07) is 8.10. The second kappa shape index (κ2) is 6.65. The first-order valence-electron chi connectivity index (χ1n) is 7.73. The van der Waals surface area contributed by atoms with Crippen LogP contribution in [-0.2, 0) is 0 Å². The maximum absolute atomic E-state index is 4.68. The van der Waals surface area contributed by atoms with Gasteiger partial charge in [0.05, 0.1) is 0 Å². The third-order valence-corrected chi connectivity index (χ3v) is 4.53. The summed E-state index contributed by atoms with van der Waals surface area (Å²) >= 11 is 3.49. The van der Waals surface area contributed by atoms with Crippen molar-refractivity contribution in [1.82, 2.24) is 9.97 Å². The van der Waals surface area contributed by atoms with Gasteiger partial charge in [0.1, 0.15) is 5.82 Å². The highest BCUT2D eigenvalue weighted by molar-refractivity contribution is 9.10. The van der Waals surface area contributed by atoms with Crippen LogP contribution in [0, 0.1) is 12.8 Å². The summed E-state index contributed by atoms with van der Waals surface area (Å²) < 4.78 is 1.08. The lowest BCUT2D eigenvalue weighted by Gasteiger charge is -2.31. The number of rotatable bonds is 3. The second-order valence-electron chi connectivity index (χ2n) is 6.02. The van der Waals surface area contributed by atoms with E-state index in [0.717, 1.165) is 35.0 Å². The molecular weight excluding hydrogens is 340 g/mol. The van der Waals surface area contributed by atoms with Crippen molar-refractivity contribution in [3.8, 4) is 0 Å². The normalized spacial score (nSPS) is 18.3. The van der Waals surface area contributed by atoms with Crippen molar-refractivity contribution < 1.29 is 0 Å². The first-order chi connectivity index (χ1) is 10.6. The maximum Gasteiger partial charge on any atom is 0.227 e. The molecule has 5 heteroatoms. The molecule has 0 amide bonds. The van der Waals surface area contributed by atoms with E-state index in [2.05, 4.69) is 62.1 Å². The molecule has 1 aliphatic heterocycles. The van der Waals surface area contributed by atoms with E-state index in [-0.39, 0.29) is 0 Å². The maximum atomic E-state index is 4.68. The van der Waals surface area contributed by atoms with Gasteiger partial charge in [0.15, 0.2) is 0 Å². The quantitative estimate of drug-likeness (QED) is 0.872. The van der Waals surface area contributed by atoms with Gasteiger partial charge in [-0.05, 0) is 55.5 Å². The highest BCUT2D eigenvalue weighted by Crippen LogP contribution is 2.25. The van der Waals surface area contributed by atoms with Crippen LogP contribution in [0.25, 0.3) is 0 Å². The van der Waals surface area contributed by atoms with Gasteiger partial charge in [-0.25, -0.2) is 4.98 Å². The summed E-state index contributed by atoms with van der Waals surface area (Å²) in [5, 5.41) is 3.39. The van der Waals surface area contributed by atoms with Gasteiger partial charge in [-0.2, -0.15) is 4.98 Å². The van der Waals surface area contributed by atoms with Crippen molar-refractivity contribution in [3.63, 3.8) is 0 Å². The molecule has 1 aliphatic rings. The Kier molecular flexibility index (Phi) is 4.62. The Morgan fingerprint density at radius 1 is 1.32 bits per heavy atom. The molecule has 1 aromatic carbocycles. The van der Waals surface area contributed by atoms with Crippen molar-refractivity contribution in [1.29, 1.82) is 0 Å². The molecule has 1 atom stereocenters. The molecule has 0 radical (unpaired) electrons. The van der Waals surface area contributed by atoms with Crippen LogP contribution in [0.2, 0.25) is 0 Å². The molecule has 4 nitrogen and oxygen atoms in total. The fourth-order valence-corrected chi connectivity index (χ4v) is 3.32. The zero-order valence-corrected chi connectivity index (χ0v) is 14.6. The topological polar surface area (TPSA) is 41.1 Å². The predicted octanol–water partition coefficient (Wildman–Crippen LogP) is 4.53. The molecule has 1 unspecified atom stereocenters. The lowest BCUT2D eigenvalue weighted by molar-refractivity contribution is 0.442. The van der Waals surface area contributed by atoms with Crippen LogP contribution >= 0.6 is 15.9 Å². The highest BCUT2D eigenvalue weighted by Gasteiger charge is 2.18. The van der Waals surface area contributed by atoms with Crippen molar-refractivity contribution in [2.45, 2.75) is 26.7 Å².